The number of urea groups is 1. The van der Waals surface area contributed by atoms with E-state index >= 15 is 0 Å². The predicted molar refractivity (Wildman–Crippen MR) is 153 cm³/mol. The molecule has 39 heavy (non-hydrogen) atoms. The van der Waals surface area contributed by atoms with E-state index < -0.39 is 5.82 Å². The lowest BCUT2D eigenvalue weighted by atomic mass is 10.3. The van der Waals surface area contributed by atoms with E-state index in [0.717, 1.165) is 79.6 Å². The molecule has 1 saturated heterocycles. The normalized spacial score (nSPS) is 18.5. The van der Waals surface area contributed by atoms with Crippen molar-refractivity contribution in [1.82, 2.24) is 29.9 Å². The lowest BCUT2D eigenvalue weighted by Gasteiger charge is -2.33. The number of likely N-dealkylation sites (N-methyl/N-ethyl adjacent to an activating group) is 1. The Morgan fingerprint density at radius 2 is 1.92 bits per heavy atom. The van der Waals surface area contributed by atoms with Crippen molar-refractivity contribution in [2.75, 3.05) is 65.3 Å². The minimum absolute atomic E-state index is 0.0953. The van der Waals surface area contributed by atoms with Gasteiger partial charge in [0.05, 0.1) is 27.5 Å². The number of amides is 2. The summed E-state index contributed by atoms with van der Waals surface area (Å²) in [5, 5.41) is 5.50. The number of hydrogen-bond acceptors (Lipinski definition) is 8. The highest BCUT2D eigenvalue weighted by atomic mass is 32.1. The predicted octanol–water partition coefficient (Wildman–Crippen LogP) is 4.26. The number of nitrogens with zero attached hydrogens (tertiary/aromatic N) is 5. The monoisotopic (exact) mass is 551 g/mol. The standard InChI is InChI=1S/C28H34FN7O2S/c1-33-9-11-35(12-10-33)13-14-36-17-23(34(2)18-36)26-16-22-27(39-26)25(7-8-30-22)38-24-6-5-20(15-21(24)29)32-28(37)31-19-3-4-19/h5-8,15-17,19H,3-4,9-14,18H2,1-2H3,(H2,31,32,37). The number of nitrogens with one attached hydrogen (secondary N) is 2. The number of benzene rings is 1. The van der Waals surface area contributed by atoms with E-state index in [9.17, 15) is 9.18 Å². The maximum Gasteiger partial charge on any atom is 0.319 e. The highest BCUT2D eigenvalue weighted by Gasteiger charge is 2.24. The molecular formula is C28H34FN7O2S. The van der Waals surface area contributed by atoms with Gasteiger partial charge < -0.3 is 30.1 Å². The van der Waals surface area contributed by atoms with E-state index in [1.807, 2.05) is 0 Å². The molecule has 0 unspecified atom stereocenters. The molecule has 0 radical (unpaired) electrons. The van der Waals surface area contributed by atoms with Gasteiger partial charge >= 0.3 is 6.03 Å². The Morgan fingerprint density at radius 1 is 1.10 bits per heavy atom. The molecule has 206 valence electrons. The molecule has 2 fully saturated rings. The molecule has 0 bridgehead atoms. The van der Waals surface area contributed by atoms with Crippen molar-refractivity contribution in [1.29, 1.82) is 0 Å². The summed E-state index contributed by atoms with van der Waals surface area (Å²) >= 11 is 1.59. The van der Waals surface area contributed by atoms with Crippen molar-refractivity contribution in [2.24, 2.45) is 0 Å². The molecule has 2 N–H and O–H groups in total. The molecule has 3 aromatic rings. The van der Waals surface area contributed by atoms with Crippen molar-refractivity contribution < 1.29 is 13.9 Å². The number of ether oxygens (including phenoxy) is 1. The van der Waals surface area contributed by atoms with Gasteiger partial charge in [-0.1, -0.05) is 0 Å². The first-order chi connectivity index (χ1) is 18.9. The van der Waals surface area contributed by atoms with Gasteiger partial charge in [-0.05, 0) is 38.1 Å². The van der Waals surface area contributed by atoms with Crippen LogP contribution in [0.25, 0.3) is 15.9 Å². The average Bonchev–Trinajstić information content (AvgIpc) is 3.48. The summed E-state index contributed by atoms with van der Waals surface area (Å²) in [6, 6.07) is 8.18. The van der Waals surface area contributed by atoms with Gasteiger partial charge in [0.15, 0.2) is 11.6 Å². The van der Waals surface area contributed by atoms with Crippen LogP contribution in [-0.2, 0) is 0 Å². The molecule has 1 aliphatic carbocycles. The first kappa shape index (κ1) is 25.8. The van der Waals surface area contributed by atoms with Crippen LogP contribution in [0.2, 0.25) is 0 Å². The molecule has 9 nitrogen and oxygen atoms in total. The van der Waals surface area contributed by atoms with E-state index in [4.69, 9.17) is 4.74 Å². The number of aromatic nitrogens is 1. The smallest absolute Gasteiger partial charge is 0.319 e. The summed E-state index contributed by atoms with van der Waals surface area (Å²) in [5.74, 6) is 0.101. The van der Waals surface area contributed by atoms with Crippen molar-refractivity contribution in [3.05, 3.63) is 53.4 Å². The van der Waals surface area contributed by atoms with Gasteiger partial charge in [-0.2, -0.15) is 0 Å². The highest BCUT2D eigenvalue weighted by Crippen LogP contribution is 2.39. The molecule has 2 aliphatic heterocycles. The molecule has 0 atom stereocenters. The lowest BCUT2D eigenvalue weighted by Crippen LogP contribution is -2.46. The molecule has 11 heteroatoms. The van der Waals surface area contributed by atoms with Crippen LogP contribution in [0.4, 0.5) is 14.9 Å². The molecule has 0 spiro atoms. The topological polar surface area (TPSA) is 76.2 Å². The number of anilines is 1. The van der Waals surface area contributed by atoms with Crippen LogP contribution >= 0.6 is 11.3 Å². The Hall–Kier alpha value is -3.41. The van der Waals surface area contributed by atoms with E-state index in [0.29, 0.717) is 11.4 Å². The fourth-order valence-electron chi connectivity index (χ4n) is 4.87. The minimum atomic E-state index is -0.546. The molecule has 1 saturated carbocycles. The average molecular weight is 552 g/mol. The number of fused-ring (bicyclic) bond motifs is 1. The van der Waals surface area contributed by atoms with Crippen molar-refractivity contribution in [3.8, 4) is 11.5 Å². The Morgan fingerprint density at radius 3 is 2.69 bits per heavy atom. The second-order valence-corrected chi connectivity index (χ2v) is 11.6. The maximum atomic E-state index is 14.9. The third-order valence-electron chi connectivity index (χ3n) is 7.36. The van der Waals surface area contributed by atoms with E-state index in [1.54, 1.807) is 29.7 Å². The fourth-order valence-corrected chi connectivity index (χ4v) is 6.00. The Balaban J connectivity index is 1.14. The van der Waals surface area contributed by atoms with Crippen LogP contribution in [0.1, 0.15) is 17.7 Å². The number of rotatable bonds is 8. The van der Waals surface area contributed by atoms with Gasteiger partial charge in [0.25, 0.3) is 0 Å². The second-order valence-electron chi connectivity index (χ2n) is 10.6. The van der Waals surface area contributed by atoms with Gasteiger partial charge in [-0.25, -0.2) is 9.18 Å². The van der Waals surface area contributed by atoms with E-state index in [2.05, 4.69) is 61.6 Å². The SMILES string of the molecule is CN1CCN(CCN2C=C(c3cc4nccc(Oc5ccc(NC(=O)NC6CC6)cc5F)c4s3)N(C)C2)CC1. The highest BCUT2D eigenvalue weighted by molar-refractivity contribution is 7.20. The Labute approximate surface area is 231 Å². The lowest BCUT2D eigenvalue weighted by molar-refractivity contribution is 0.141. The van der Waals surface area contributed by atoms with Gasteiger partial charge in [0.1, 0.15) is 5.75 Å². The fraction of sp³-hybridized carbons (Fsp3) is 0.429. The Kier molecular flexibility index (Phi) is 7.28. The van der Waals surface area contributed by atoms with Crippen LogP contribution < -0.4 is 15.4 Å². The summed E-state index contributed by atoms with van der Waals surface area (Å²) in [7, 11) is 4.28. The summed E-state index contributed by atoms with van der Waals surface area (Å²) in [6.45, 7) is 7.39. The molecular weight excluding hydrogens is 517 g/mol. The van der Waals surface area contributed by atoms with Crippen LogP contribution in [0.5, 0.6) is 11.5 Å². The van der Waals surface area contributed by atoms with Crippen LogP contribution in [0.3, 0.4) is 0 Å². The van der Waals surface area contributed by atoms with Crippen LogP contribution in [0.15, 0.2) is 42.7 Å². The van der Waals surface area contributed by atoms with Gasteiger partial charge in [-0.3, -0.25) is 9.88 Å². The van der Waals surface area contributed by atoms with Gasteiger partial charge in [0.2, 0.25) is 0 Å². The third-order valence-corrected chi connectivity index (χ3v) is 8.52. The van der Waals surface area contributed by atoms with E-state index in [1.165, 1.54) is 12.1 Å². The summed E-state index contributed by atoms with van der Waals surface area (Å²) in [6.07, 6.45) is 5.88. The van der Waals surface area contributed by atoms with Crippen LogP contribution in [0, 0.1) is 5.82 Å². The number of carbonyl (C=O) groups is 1. The number of thiophene rings is 1. The zero-order valence-electron chi connectivity index (χ0n) is 22.3. The number of carbonyl (C=O) groups excluding carboxylic acids is 1. The maximum absolute atomic E-state index is 14.9. The second kappa shape index (κ2) is 11.0. The number of piperazine rings is 1. The van der Waals surface area contributed by atoms with Gasteiger partial charge in [-0.15, -0.1) is 11.3 Å². The van der Waals surface area contributed by atoms with Crippen molar-refractivity contribution in [3.63, 3.8) is 0 Å². The Bertz CT molecular complexity index is 1380. The molecule has 4 heterocycles. The third kappa shape index (κ3) is 6.10. The van der Waals surface area contributed by atoms with Crippen molar-refractivity contribution in [2.45, 2.75) is 18.9 Å². The quantitative estimate of drug-likeness (QED) is 0.433. The number of hydrogen-bond donors (Lipinski definition) is 2. The minimum Gasteiger partial charge on any atom is -0.453 e. The molecule has 2 amide bonds. The van der Waals surface area contributed by atoms with Gasteiger partial charge in [0, 0.05) is 82.6 Å². The van der Waals surface area contributed by atoms with Crippen molar-refractivity contribution >= 4 is 39.0 Å². The number of halogens is 1. The zero-order chi connectivity index (χ0) is 26.9. The number of pyridine rings is 1. The zero-order valence-corrected chi connectivity index (χ0v) is 23.1. The van der Waals surface area contributed by atoms with E-state index in [-0.39, 0.29) is 17.8 Å². The molecule has 6 rings (SSSR count). The first-order valence-electron chi connectivity index (χ1n) is 13.4. The summed E-state index contributed by atoms with van der Waals surface area (Å²) < 4.78 is 21.8. The molecule has 1 aromatic carbocycles. The largest absolute Gasteiger partial charge is 0.453 e. The first-order valence-corrected chi connectivity index (χ1v) is 14.2. The summed E-state index contributed by atoms with van der Waals surface area (Å²) in [4.78, 5) is 27.1. The molecule has 2 aromatic heterocycles. The van der Waals surface area contributed by atoms with Crippen LogP contribution in [-0.4, -0.2) is 96.7 Å². The summed E-state index contributed by atoms with van der Waals surface area (Å²) in [5.41, 5.74) is 2.34. The molecule has 3 aliphatic rings.